The van der Waals surface area contributed by atoms with Crippen molar-refractivity contribution in [2.75, 3.05) is 26.9 Å². The Morgan fingerprint density at radius 1 is 1.09 bits per heavy atom. The lowest BCUT2D eigenvalue weighted by molar-refractivity contribution is -0.129. The number of pyridine rings is 1. The van der Waals surface area contributed by atoms with Gasteiger partial charge in [0, 0.05) is 65.6 Å². The fourth-order valence-electron chi connectivity index (χ4n) is 6.14. The van der Waals surface area contributed by atoms with E-state index in [-0.39, 0.29) is 36.5 Å². The van der Waals surface area contributed by atoms with Gasteiger partial charge in [0.15, 0.2) is 0 Å². The molecule has 234 valence electrons. The van der Waals surface area contributed by atoms with Gasteiger partial charge in [0.05, 0.1) is 41.7 Å². The number of ether oxygens (including phenoxy) is 2. The largest absolute Gasteiger partial charge is 0.490 e. The number of fused-ring (bicyclic) bond motifs is 3. The predicted molar refractivity (Wildman–Crippen MR) is 174 cm³/mol. The maximum absolute atomic E-state index is 16.0. The van der Waals surface area contributed by atoms with Crippen LogP contribution in [0.4, 0.5) is 8.78 Å². The van der Waals surface area contributed by atoms with Gasteiger partial charge in [-0.05, 0) is 42.6 Å². The third-order valence-electron chi connectivity index (χ3n) is 8.27. The van der Waals surface area contributed by atoms with Gasteiger partial charge in [0.25, 0.3) is 0 Å². The van der Waals surface area contributed by atoms with Crippen molar-refractivity contribution >= 4 is 38.2 Å². The van der Waals surface area contributed by atoms with Crippen LogP contribution in [0.1, 0.15) is 18.7 Å². The first-order valence-corrected chi connectivity index (χ1v) is 15.6. The molecule has 0 unspecified atom stereocenters. The van der Waals surface area contributed by atoms with Crippen LogP contribution in [-0.4, -0.2) is 62.2 Å². The second kappa shape index (κ2) is 11.8. The van der Waals surface area contributed by atoms with E-state index in [4.69, 9.17) is 19.6 Å². The highest BCUT2D eigenvalue weighted by Gasteiger charge is 2.31. The molecule has 0 fully saturated rings. The molecule has 0 N–H and O–H groups in total. The number of hydrogen-bond acceptors (Lipinski definition) is 7. The first-order chi connectivity index (χ1) is 22.3. The fourth-order valence-corrected chi connectivity index (χ4v) is 7.08. The van der Waals surface area contributed by atoms with Gasteiger partial charge in [-0.3, -0.25) is 14.2 Å². The van der Waals surface area contributed by atoms with Crippen LogP contribution >= 0.6 is 11.3 Å². The van der Waals surface area contributed by atoms with Crippen LogP contribution < -0.4 is 4.74 Å². The van der Waals surface area contributed by atoms with E-state index >= 15 is 4.39 Å². The summed E-state index contributed by atoms with van der Waals surface area (Å²) in [5, 5.41) is 13.1. The van der Waals surface area contributed by atoms with Gasteiger partial charge in [0.1, 0.15) is 35.4 Å². The molecule has 1 aliphatic rings. The van der Waals surface area contributed by atoms with Crippen molar-refractivity contribution in [2.45, 2.75) is 19.5 Å². The van der Waals surface area contributed by atoms with Crippen LogP contribution in [0.5, 0.6) is 5.75 Å². The Morgan fingerprint density at radius 2 is 1.93 bits per heavy atom. The molecule has 0 spiro atoms. The topological polar surface area (TPSA) is 87.3 Å². The number of hydrogen-bond donors (Lipinski definition) is 0. The minimum atomic E-state index is -0.783. The molecular formula is C34H30F2N6O3S. The molecular weight excluding hydrogens is 610 g/mol. The Bertz CT molecular complexity index is 2150. The van der Waals surface area contributed by atoms with E-state index in [9.17, 15) is 9.18 Å². The number of methoxy groups -OCH3 is 1. The Labute approximate surface area is 267 Å². The van der Waals surface area contributed by atoms with Crippen molar-refractivity contribution in [1.29, 1.82) is 0 Å². The number of amides is 1. The van der Waals surface area contributed by atoms with Gasteiger partial charge in [-0.25, -0.2) is 13.8 Å². The number of benzene rings is 2. The Balaban J connectivity index is 1.50. The molecule has 46 heavy (non-hydrogen) atoms. The van der Waals surface area contributed by atoms with Gasteiger partial charge in [0.2, 0.25) is 5.91 Å². The summed E-state index contributed by atoms with van der Waals surface area (Å²) in [5.74, 6) is -1.67. The van der Waals surface area contributed by atoms with Crippen molar-refractivity contribution in [3.05, 3.63) is 84.0 Å². The molecule has 12 heteroatoms. The number of carbonyl (C=O) groups excluding carboxylic acids is 1. The molecule has 1 atom stereocenters. The average Bonchev–Trinajstić information content (AvgIpc) is 3.78. The highest BCUT2D eigenvalue weighted by atomic mass is 32.1. The van der Waals surface area contributed by atoms with Crippen molar-refractivity contribution in [3.8, 4) is 39.5 Å². The SMILES string of the molecule is C=CC(=O)N1CCn2nc(-c3nc(-c4ccc5nn(C)cc5c4)c4ccsc4c3-c3c(F)cc(F)cc3OCCOC)cc2[C@H]1C. The number of rotatable bonds is 8. The van der Waals surface area contributed by atoms with E-state index in [0.717, 1.165) is 38.3 Å². The molecule has 5 heterocycles. The first-order valence-electron chi connectivity index (χ1n) is 14.7. The highest BCUT2D eigenvalue weighted by molar-refractivity contribution is 7.18. The Morgan fingerprint density at radius 3 is 2.74 bits per heavy atom. The summed E-state index contributed by atoms with van der Waals surface area (Å²) >= 11 is 1.43. The lowest BCUT2D eigenvalue weighted by Crippen LogP contribution is -2.40. The molecule has 7 rings (SSSR count). The van der Waals surface area contributed by atoms with Crippen LogP contribution in [-0.2, 0) is 23.1 Å². The fraction of sp³-hybridized carbons (Fsp3) is 0.235. The van der Waals surface area contributed by atoms with Crippen LogP contribution in [0.3, 0.4) is 0 Å². The van der Waals surface area contributed by atoms with Gasteiger partial charge in [-0.1, -0.05) is 12.6 Å². The summed E-state index contributed by atoms with van der Waals surface area (Å²) in [4.78, 5) is 19.5. The second-order valence-corrected chi connectivity index (χ2v) is 12.0. The lowest BCUT2D eigenvalue weighted by atomic mass is 9.96. The summed E-state index contributed by atoms with van der Waals surface area (Å²) in [5.41, 5.74) is 4.65. The van der Waals surface area contributed by atoms with Crippen LogP contribution in [0.15, 0.2) is 66.7 Å². The minimum absolute atomic E-state index is 0.0388. The maximum atomic E-state index is 16.0. The van der Waals surface area contributed by atoms with Crippen molar-refractivity contribution in [3.63, 3.8) is 0 Å². The van der Waals surface area contributed by atoms with Gasteiger partial charge >= 0.3 is 0 Å². The van der Waals surface area contributed by atoms with Crippen LogP contribution in [0, 0.1) is 11.6 Å². The van der Waals surface area contributed by atoms with E-state index in [1.54, 1.807) is 9.58 Å². The number of thiophene rings is 1. The van der Waals surface area contributed by atoms with E-state index in [1.807, 2.05) is 60.6 Å². The zero-order valence-corrected chi connectivity index (χ0v) is 26.3. The summed E-state index contributed by atoms with van der Waals surface area (Å²) in [7, 11) is 3.40. The molecule has 1 aliphatic heterocycles. The van der Waals surface area contributed by atoms with Crippen LogP contribution in [0.25, 0.3) is 54.8 Å². The Kier molecular flexibility index (Phi) is 7.61. The Hall–Kier alpha value is -4.94. The molecule has 9 nitrogen and oxygen atoms in total. The number of nitrogens with zero attached hydrogens (tertiary/aromatic N) is 6. The molecule has 0 saturated carbocycles. The molecule has 6 aromatic rings. The lowest BCUT2D eigenvalue weighted by Gasteiger charge is -2.33. The average molecular weight is 641 g/mol. The zero-order chi connectivity index (χ0) is 32.1. The standard InChI is InChI=1S/C34H30F2N6O3S/c1-5-29(43)41-9-10-42-27(19(41)2)17-26(39-42)33-31(30-24(36)15-22(35)16-28(30)45-12-11-44-4)34-23(8-13-46-34)32(37-33)20-6-7-25-21(14-20)18-40(3)38-25/h5-8,13-19H,1,9-12H2,2-4H3/t19-/m1/s1. The number of carbonyl (C=O) groups is 1. The summed E-state index contributed by atoms with van der Waals surface area (Å²) in [6, 6.07) is 11.5. The van der Waals surface area contributed by atoms with Crippen molar-refractivity contribution in [1.82, 2.24) is 29.4 Å². The van der Waals surface area contributed by atoms with Crippen LogP contribution in [0.2, 0.25) is 0 Å². The smallest absolute Gasteiger partial charge is 0.246 e. The molecule has 0 aliphatic carbocycles. The monoisotopic (exact) mass is 640 g/mol. The maximum Gasteiger partial charge on any atom is 0.246 e. The summed E-state index contributed by atoms with van der Waals surface area (Å²) in [6.45, 7) is 6.84. The van der Waals surface area contributed by atoms with Gasteiger partial charge < -0.3 is 14.4 Å². The zero-order valence-electron chi connectivity index (χ0n) is 25.5. The van der Waals surface area contributed by atoms with Crippen molar-refractivity contribution < 1.29 is 23.0 Å². The van der Waals surface area contributed by atoms with Gasteiger partial charge in [-0.2, -0.15) is 10.2 Å². The van der Waals surface area contributed by atoms with E-state index in [2.05, 4.69) is 11.7 Å². The third kappa shape index (κ3) is 5.03. The second-order valence-electron chi connectivity index (χ2n) is 11.1. The highest BCUT2D eigenvalue weighted by Crippen LogP contribution is 2.47. The number of aromatic nitrogens is 5. The quantitative estimate of drug-likeness (QED) is 0.135. The normalized spacial score (nSPS) is 14.6. The molecule has 0 saturated heterocycles. The van der Waals surface area contributed by atoms with E-state index < -0.39 is 11.6 Å². The minimum Gasteiger partial charge on any atom is -0.490 e. The third-order valence-corrected chi connectivity index (χ3v) is 9.21. The molecule has 0 radical (unpaired) electrons. The van der Waals surface area contributed by atoms with Gasteiger partial charge in [-0.15, -0.1) is 11.3 Å². The number of aryl methyl sites for hydroxylation is 1. The molecule has 1 amide bonds. The summed E-state index contributed by atoms with van der Waals surface area (Å²) in [6.07, 6.45) is 3.25. The summed E-state index contributed by atoms with van der Waals surface area (Å²) < 4.78 is 46.1. The molecule has 4 aromatic heterocycles. The van der Waals surface area contributed by atoms with E-state index in [0.29, 0.717) is 35.7 Å². The molecule has 2 aromatic carbocycles. The van der Waals surface area contributed by atoms with E-state index in [1.165, 1.54) is 30.6 Å². The first kappa shape index (κ1) is 29.8. The number of halogens is 2. The molecule has 0 bridgehead atoms. The predicted octanol–water partition coefficient (Wildman–Crippen LogP) is 6.77. The van der Waals surface area contributed by atoms with Crippen molar-refractivity contribution in [2.24, 2.45) is 7.05 Å².